The fourth-order valence-electron chi connectivity index (χ4n) is 3.90. The van der Waals surface area contributed by atoms with Crippen molar-refractivity contribution >= 4 is 17.8 Å². The number of aromatic nitrogens is 2. The minimum atomic E-state index is 0.0446. The van der Waals surface area contributed by atoms with Gasteiger partial charge in [0.05, 0.1) is 0 Å². The van der Waals surface area contributed by atoms with E-state index in [-0.39, 0.29) is 5.91 Å². The van der Waals surface area contributed by atoms with Crippen molar-refractivity contribution in [2.24, 2.45) is 5.92 Å². The number of fused-ring (bicyclic) bond motifs is 1. The van der Waals surface area contributed by atoms with Gasteiger partial charge in [0.25, 0.3) is 0 Å². The van der Waals surface area contributed by atoms with Crippen molar-refractivity contribution < 1.29 is 4.79 Å². The summed E-state index contributed by atoms with van der Waals surface area (Å²) in [5, 5.41) is 2.82. The number of carbonyl (C=O) groups is 1. The maximum Gasteiger partial charge on any atom is 0.225 e. The van der Waals surface area contributed by atoms with Gasteiger partial charge in [0.2, 0.25) is 5.91 Å². The molecule has 28 heavy (non-hydrogen) atoms. The van der Waals surface area contributed by atoms with E-state index in [4.69, 9.17) is 0 Å². The molecule has 5 nitrogen and oxygen atoms in total. The second-order valence-electron chi connectivity index (χ2n) is 7.60. The molecule has 1 saturated heterocycles. The van der Waals surface area contributed by atoms with E-state index in [1.54, 1.807) is 6.20 Å². The molecule has 0 spiro atoms. The zero-order valence-corrected chi connectivity index (χ0v) is 16.1. The summed E-state index contributed by atoms with van der Waals surface area (Å²) >= 11 is 0. The van der Waals surface area contributed by atoms with Crippen molar-refractivity contribution in [1.82, 2.24) is 14.9 Å². The molecular weight excluding hydrogens is 348 g/mol. The fraction of sp³-hybridized carbons (Fsp3) is 0.348. The molecule has 144 valence electrons. The average molecular weight is 374 g/mol. The molecule has 4 rings (SSSR count). The lowest BCUT2D eigenvalue weighted by molar-refractivity contribution is -0.116. The highest BCUT2D eigenvalue weighted by Crippen LogP contribution is 2.24. The van der Waals surface area contributed by atoms with E-state index in [0.29, 0.717) is 18.2 Å². The van der Waals surface area contributed by atoms with Gasteiger partial charge in [0, 0.05) is 43.3 Å². The molecule has 0 aromatic carbocycles. The van der Waals surface area contributed by atoms with E-state index >= 15 is 0 Å². The summed E-state index contributed by atoms with van der Waals surface area (Å²) in [4.78, 5) is 22.6. The van der Waals surface area contributed by atoms with Crippen molar-refractivity contribution in [3.8, 4) is 0 Å². The molecule has 0 aliphatic carbocycles. The Balaban J connectivity index is 1.30. The highest BCUT2D eigenvalue weighted by Gasteiger charge is 2.20. The monoisotopic (exact) mass is 374 g/mol. The van der Waals surface area contributed by atoms with Crippen LogP contribution in [-0.4, -0.2) is 33.9 Å². The number of allylic oxidation sites excluding steroid dienone is 1. The number of amides is 1. The molecule has 1 amide bonds. The van der Waals surface area contributed by atoms with Gasteiger partial charge in [-0.05, 0) is 67.0 Å². The van der Waals surface area contributed by atoms with Gasteiger partial charge in [-0.3, -0.25) is 9.78 Å². The zero-order chi connectivity index (χ0) is 19.3. The fourth-order valence-corrected chi connectivity index (χ4v) is 3.90. The average Bonchev–Trinajstić information content (AvgIpc) is 2.73. The molecule has 1 fully saturated rings. The third-order valence-electron chi connectivity index (χ3n) is 5.58. The quantitative estimate of drug-likeness (QED) is 0.808. The van der Waals surface area contributed by atoms with Crippen molar-refractivity contribution in [2.75, 3.05) is 18.4 Å². The Labute approximate surface area is 166 Å². The lowest BCUT2D eigenvalue weighted by atomic mass is 9.91. The van der Waals surface area contributed by atoms with Crippen LogP contribution in [0.2, 0.25) is 0 Å². The third-order valence-corrected chi connectivity index (χ3v) is 5.58. The molecule has 0 radical (unpaired) electrons. The van der Waals surface area contributed by atoms with Crippen LogP contribution in [0.4, 0.5) is 5.82 Å². The summed E-state index contributed by atoms with van der Waals surface area (Å²) in [6, 6.07) is 8.25. The van der Waals surface area contributed by atoms with E-state index < -0.39 is 0 Å². The van der Waals surface area contributed by atoms with Crippen molar-refractivity contribution in [2.45, 2.75) is 32.1 Å². The first kappa shape index (κ1) is 18.4. The highest BCUT2D eigenvalue weighted by molar-refractivity contribution is 5.92. The van der Waals surface area contributed by atoms with Gasteiger partial charge in [-0.1, -0.05) is 18.7 Å². The Morgan fingerprint density at radius 1 is 1.25 bits per heavy atom. The number of anilines is 1. The Hall–Kier alpha value is -2.95. The van der Waals surface area contributed by atoms with E-state index in [1.807, 2.05) is 12.3 Å². The number of nitrogens with zero attached hydrogens (tertiary/aromatic N) is 3. The van der Waals surface area contributed by atoms with Gasteiger partial charge in [0.1, 0.15) is 5.82 Å². The van der Waals surface area contributed by atoms with Gasteiger partial charge in [-0.15, -0.1) is 0 Å². The Bertz CT molecular complexity index is 883. The largest absolute Gasteiger partial charge is 0.372 e. The zero-order valence-electron chi connectivity index (χ0n) is 16.1. The number of piperidine rings is 1. The van der Waals surface area contributed by atoms with Crippen LogP contribution < -0.4 is 5.32 Å². The minimum absolute atomic E-state index is 0.0446. The van der Waals surface area contributed by atoms with E-state index in [0.717, 1.165) is 42.8 Å². The molecule has 2 aliphatic heterocycles. The molecule has 5 heteroatoms. The van der Waals surface area contributed by atoms with Crippen LogP contribution in [0, 0.1) is 5.92 Å². The first-order valence-electron chi connectivity index (χ1n) is 9.98. The van der Waals surface area contributed by atoms with Crippen LogP contribution in [0.25, 0.3) is 6.08 Å². The van der Waals surface area contributed by atoms with Gasteiger partial charge in [-0.2, -0.15) is 0 Å². The summed E-state index contributed by atoms with van der Waals surface area (Å²) in [6.07, 6.45) is 12.5. The van der Waals surface area contributed by atoms with Gasteiger partial charge < -0.3 is 10.2 Å². The van der Waals surface area contributed by atoms with Gasteiger partial charge in [-0.25, -0.2) is 4.98 Å². The second-order valence-corrected chi connectivity index (χ2v) is 7.60. The smallest absolute Gasteiger partial charge is 0.225 e. The molecule has 4 heterocycles. The number of hydrogen-bond acceptors (Lipinski definition) is 4. The molecule has 2 aliphatic rings. The summed E-state index contributed by atoms with van der Waals surface area (Å²) < 4.78 is 0. The van der Waals surface area contributed by atoms with Crippen LogP contribution in [0.3, 0.4) is 0 Å². The first-order chi connectivity index (χ1) is 13.7. The van der Waals surface area contributed by atoms with Crippen molar-refractivity contribution in [3.05, 3.63) is 71.8 Å². The topological polar surface area (TPSA) is 58.1 Å². The molecule has 2 aromatic heterocycles. The Morgan fingerprint density at radius 3 is 2.89 bits per heavy atom. The Kier molecular flexibility index (Phi) is 5.51. The molecule has 1 N–H and O–H groups in total. The lowest BCUT2D eigenvalue weighted by Crippen LogP contribution is -2.33. The normalized spacial score (nSPS) is 17.4. The predicted molar refractivity (Wildman–Crippen MR) is 112 cm³/mol. The molecule has 0 unspecified atom stereocenters. The number of hydrogen-bond donors (Lipinski definition) is 1. The third kappa shape index (κ3) is 4.47. The molecule has 0 atom stereocenters. The molecule has 2 aromatic rings. The van der Waals surface area contributed by atoms with Gasteiger partial charge >= 0.3 is 0 Å². The molecule has 0 saturated carbocycles. The number of rotatable bonds is 5. The summed E-state index contributed by atoms with van der Waals surface area (Å²) in [6.45, 7) is 6.32. The van der Waals surface area contributed by atoms with Crippen LogP contribution >= 0.6 is 0 Å². The maximum atomic E-state index is 11.4. The summed E-state index contributed by atoms with van der Waals surface area (Å²) in [7, 11) is 0. The second kappa shape index (κ2) is 8.38. The SMILES string of the molecule is C=C(/C=C/c1cnc2c(c1)CCC(=O)N2)N1CCC(Cc2ccccn2)CC1. The number of aryl methyl sites for hydroxylation is 1. The van der Waals surface area contributed by atoms with E-state index in [9.17, 15) is 4.79 Å². The number of pyridine rings is 2. The maximum absolute atomic E-state index is 11.4. The number of nitrogens with one attached hydrogen (secondary N) is 1. The summed E-state index contributed by atoms with van der Waals surface area (Å²) in [5.74, 6) is 1.44. The molecular formula is C23H26N4O. The number of carbonyl (C=O) groups excluding carboxylic acids is 1. The number of likely N-dealkylation sites (tertiary alicyclic amines) is 1. The van der Waals surface area contributed by atoms with Crippen molar-refractivity contribution in [1.29, 1.82) is 0 Å². The highest BCUT2D eigenvalue weighted by atomic mass is 16.1. The van der Waals surface area contributed by atoms with Crippen LogP contribution in [0.15, 0.2) is 55.0 Å². The van der Waals surface area contributed by atoms with E-state index in [2.05, 4.69) is 57.1 Å². The van der Waals surface area contributed by atoms with Crippen LogP contribution in [-0.2, 0) is 17.6 Å². The predicted octanol–water partition coefficient (Wildman–Crippen LogP) is 3.84. The van der Waals surface area contributed by atoms with E-state index in [1.165, 1.54) is 18.5 Å². The van der Waals surface area contributed by atoms with Crippen LogP contribution in [0.1, 0.15) is 36.1 Å². The van der Waals surface area contributed by atoms with Crippen LogP contribution in [0.5, 0.6) is 0 Å². The lowest BCUT2D eigenvalue weighted by Gasteiger charge is -2.33. The summed E-state index contributed by atoms with van der Waals surface area (Å²) in [5.41, 5.74) is 4.38. The molecule has 0 bridgehead atoms. The minimum Gasteiger partial charge on any atom is -0.372 e. The standard InChI is InChI=1S/C23H26N4O/c1-17(5-6-19-14-20-7-8-22(28)26-23(20)25-16-19)27-12-9-18(10-13-27)15-21-4-2-3-11-24-21/h2-6,11,14,16,18H,1,7-10,12-13,15H2,(H,25,26,28)/b6-5+. The van der Waals surface area contributed by atoms with Gasteiger partial charge in [0.15, 0.2) is 0 Å². The Morgan fingerprint density at radius 2 is 2.11 bits per heavy atom. The first-order valence-corrected chi connectivity index (χ1v) is 9.98. The van der Waals surface area contributed by atoms with Crippen molar-refractivity contribution in [3.63, 3.8) is 0 Å².